The van der Waals surface area contributed by atoms with Crippen molar-refractivity contribution in [1.82, 2.24) is 0 Å². The van der Waals surface area contributed by atoms with Crippen LogP contribution in [-0.4, -0.2) is 27.5 Å². The van der Waals surface area contributed by atoms with E-state index in [0.29, 0.717) is 0 Å². The number of rotatable bonds is 9. The highest BCUT2D eigenvalue weighted by molar-refractivity contribution is 5.48. The van der Waals surface area contributed by atoms with Crippen LogP contribution in [0.5, 0.6) is 5.75 Å². The van der Waals surface area contributed by atoms with E-state index in [2.05, 4.69) is 0 Å². The minimum atomic E-state index is -0.588. The largest absolute Gasteiger partial charge is 0.507 e. The van der Waals surface area contributed by atoms with Gasteiger partial charge in [0.1, 0.15) is 11.5 Å². The van der Waals surface area contributed by atoms with Gasteiger partial charge in [0, 0.05) is 17.9 Å². The maximum Gasteiger partial charge on any atom is 0.342 e. The van der Waals surface area contributed by atoms with E-state index in [1.807, 2.05) is 56.4 Å². The summed E-state index contributed by atoms with van der Waals surface area (Å²) in [6, 6.07) is 1.39. The van der Waals surface area contributed by atoms with E-state index in [0.717, 1.165) is 0 Å². The molecular formula is C23H30O5. The zero-order valence-electron chi connectivity index (χ0n) is 16.8. The Kier molecular flexibility index (Phi) is 9.99. The summed E-state index contributed by atoms with van der Waals surface area (Å²) in [7, 11) is 0. The molecule has 0 aliphatic carbocycles. The topological polar surface area (TPSA) is 90.9 Å². The van der Waals surface area contributed by atoms with E-state index in [-0.39, 0.29) is 28.9 Å². The van der Waals surface area contributed by atoms with Crippen molar-refractivity contribution in [3.8, 4) is 5.75 Å². The molecule has 0 aliphatic heterocycles. The van der Waals surface area contributed by atoms with Crippen LogP contribution in [0, 0.1) is 18.8 Å². The third-order valence-corrected chi connectivity index (χ3v) is 4.47. The maximum absolute atomic E-state index is 11.4. The van der Waals surface area contributed by atoms with Gasteiger partial charge in [-0.05, 0) is 19.9 Å². The average Bonchev–Trinajstić information content (AvgIpc) is 2.65. The lowest BCUT2D eigenvalue weighted by Crippen LogP contribution is -2.31. The normalized spacial score (nSPS) is 17.4. The molecule has 0 aliphatic rings. The molecule has 1 aromatic heterocycles. The minimum absolute atomic E-state index is 0.0514. The van der Waals surface area contributed by atoms with E-state index in [1.54, 1.807) is 25.2 Å². The number of allylic oxidation sites excluding steroid dienone is 8. The molecule has 0 spiro atoms. The fourth-order valence-corrected chi connectivity index (χ4v) is 2.30. The molecule has 0 saturated heterocycles. The van der Waals surface area contributed by atoms with Crippen molar-refractivity contribution in [2.24, 2.45) is 11.8 Å². The molecule has 0 bridgehead atoms. The van der Waals surface area contributed by atoms with Crippen LogP contribution in [-0.2, 0) is 0 Å². The van der Waals surface area contributed by atoms with Crippen LogP contribution in [0.2, 0.25) is 0 Å². The van der Waals surface area contributed by atoms with Crippen molar-refractivity contribution in [2.45, 2.75) is 39.9 Å². The molecule has 0 saturated carbocycles. The maximum atomic E-state index is 11.4. The second-order valence-corrected chi connectivity index (χ2v) is 6.79. The molecule has 5 heteroatoms. The van der Waals surface area contributed by atoms with Gasteiger partial charge >= 0.3 is 5.63 Å². The molecule has 1 heterocycles. The van der Waals surface area contributed by atoms with Gasteiger partial charge in [0.05, 0.1) is 17.8 Å². The van der Waals surface area contributed by atoms with Gasteiger partial charge < -0.3 is 19.7 Å². The Balaban J connectivity index is 2.46. The summed E-state index contributed by atoms with van der Waals surface area (Å²) in [5.41, 5.74) is -0.360. The third kappa shape index (κ3) is 7.94. The van der Waals surface area contributed by atoms with Gasteiger partial charge in [-0.2, -0.15) is 0 Å². The van der Waals surface area contributed by atoms with Crippen molar-refractivity contribution >= 4 is 6.08 Å². The molecule has 0 fully saturated rings. The van der Waals surface area contributed by atoms with Gasteiger partial charge in [-0.15, -0.1) is 0 Å². The lowest BCUT2D eigenvalue weighted by Gasteiger charge is -2.24. The summed E-state index contributed by atoms with van der Waals surface area (Å²) >= 11 is 0. The molecule has 28 heavy (non-hydrogen) atoms. The third-order valence-electron chi connectivity index (χ3n) is 4.47. The Bertz CT molecular complexity index is 809. The zero-order valence-corrected chi connectivity index (χ0v) is 16.8. The van der Waals surface area contributed by atoms with E-state index >= 15 is 0 Å². The lowest BCUT2D eigenvalue weighted by molar-refractivity contribution is 0.0124. The molecule has 1 aromatic rings. The van der Waals surface area contributed by atoms with E-state index < -0.39 is 17.8 Å². The molecule has 152 valence electrons. The van der Waals surface area contributed by atoms with Crippen molar-refractivity contribution in [3.63, 3.8) is 0 Å². The van der Waals surface area contributed by atoms with Crippen molar-refractivity contribution < 1.29 is 19.7 Å². The number of aliphatic hydroxyl groups is 2. The minimum Gasteiger partial charge on any atom is -0.507 e. The van der Waals surface area contributed by atoms with Gasteiger partial charge in [0.25, 0.3) is 0 Å². The van der Waals surface area contributed by atoms with Crippen LogP contribution in [0.1, 0.15) is 32.1 Å². The van der Waals surface area contributed by atoms with E-state index in [4.69, 9.17) is 4.42 Å². The van der Waals surface area contributed by atoms with Gasteiger partial charge in [-0.3, -0.25) is 0 Å². The fourth-order valence-electron chi connectivity index (χ4n) is 2.30. The highest BCUT2D eigenvalue weighted by Gasteiger charge is 2.22. The summed E-state index contributed by atoms with van der Waals surface area (Å²) in [4.78, 5) is 11.4. The van der Waals surface area contributed by atoms with Gasteiger partial charge in [-0.1, -0.05) is 68.5 Å². The molecule has 3 N–H and O–H groups in total. The molecule has 4 atom stereocenters. The van der Waals surface area contributed by atoms with Gasteiger partial charge in [-0.25, -0.2) is 4.79 Å². The van der Waals surface area contributed by atoms with E-state index in [1.165, 1.54) is 13.0 Å². The van der Waals surface area contributed by atoms with Crippen LogP contribution in [0.4, 0.5) is 0 Å². The predicted octanol–water partition coefficient (Wildman–Crippen LogP) is 3.91. The summed E-state index contributed by atoms with van der Waals surface area (Å²) in [6.07, 6.45) is 16.9. The molecule has 0 aromatic carbocycles. The molecule has 0 unspecified atom stereocenters. The second-order valence-electron chi connectivity index (χ2n) is 6.79. The van der Waals surface area contributed by atoms with Crippen molar-refractivity contribution in [2.75, 3.05) is 0 Å². The Morgan fingerprint density at radius 1 is 0.929 bits per heavy atom. The number of aliphatic hydroxyl groups excluding tert-OH is 2. The first-order valence-corrected chi connectivity index (χ1v) is 9.28. The quantitative estimate of drug-likeness (QED) is 0.560. The number of hydrogen-bond donors (Lipinski definition) is 3. The Hall–Kier alpha value is -2.63. The van der Waals surface area contributed by atoms with Crippen LogP contribution in [0.15, 0.2) is 70.0 Å². The van der Waals surface area contributed by atoms with E-state index in [9.17, 15) is 20.1 Å². The van der Waals surface area contributed by atoms with Crippen LogP contribution in [0.3, 0.4) is 0 Å². The van der Waals surface area contributed by atoms with Crippen LogP contribution in [0.25, 0.3) is 6.08 Å². The first kappa shape index (κ1) is 23.4. The predicted molar refractivity (Wildman–Crippen MR) is 113 cm³/mol. The summed E-state index contributed by atoms with van der Waals surface area (Å²) in [5, 5.41) is 29.2. The van der Waals surface area contributed by atoms with Crippen LogP contribution >= 0.6 is 0 Å². The fraction of sp³-hybridized carbons (Fsp3) is 0.348. The first-order chi connectivity index (χ1) is 13.2. The average molecular weight is 386 g/mol. The molecule has 5 nitrogen and oxygen atoms in total. The number of hydrogen-bond acceptors (Lipinski definition) is 5. The smallest absolute Gasteiger partial charge is 0.342 e. The lowest BCUT2D eigenvalue weighted by atomic mass is 9.90. The van der Waals surface area contributed by atoms with Gasteiger partial charge in [0.2, 0.25) is 0 Å². The summed E-state index contributed by atoms with van der Waals surface area (Å²) in [5.74, 6) is -0.0312. The Morgan fingerprint density at radius 2 is 1.46 bits per heavy atom. The Labute approximate surface area is 166 Å². The summed E-state index contributed by atoms with van der Waals surface area (Å²) < 4.78 is 5.02. The Morgan fingerprint density at radius 3 is 2.00 bits per heavy atom. The molecule has 0 amide bonds. The highest BCUT2D eigenvalue weighted by atomic mass is 16.4. The van der Waals surface area contributed by atoms with Crippen molar-refractivity contribution in [3.05, 3.63) is 82.5 Å². The monoisotopic (exact) mass is 386 g/mol. The van der Waals surface area contributed by atoms with Crippen molar-refractivity contribution in [1.29, 1.82) is 0 Å². The number of aromatic hydroxyl groups is 1. The van der Waals surface area contributed by atoms with Gasteiger partial charge in [0.15, 0.2) is 0 Å². The molecule has 0 radical (unpaired) electrons. The van der Waals surface area contributed by atoms with Crippen LogP contribution < -0.4 is 5.63 Å². The SMILES string of the molecule is Cc1c(O)cc(/C=C/C=C/C=C/C=C/C=C/[C@H](C)[C@@H](O)[C@@H](C)[C@H](C)O)oc1=O. The molecule has 1 rings (SSSR count). The standard InChI is InChI=1S/C23H30O5/c1-16(22(26)17(2)19(4)24)13-11-9-7-5-6-8-10-12-14-20-15-21(25)18(3)23(27)28-20/h5-17,19,22,24-26H,1-4H3/b6-5+,9-7+,10-8+,13-11+,14-12+/t16-,17-,19-,22+/m0/s1. The molecular weight excluding hydrogens is 356 g/mol. The first-order valence-electron chi connectivity index (χ1n) is 9.28. The second kappa shape index (κ2) is 12.0. The summed E-state index contributed by atoms with van der Waals surface area (Å²) in [6.45, 7) is 6.92. The zero-order chi connectivity index (χ0) is 21.1. The highest BCUT2D eigenvalue weighted by Crippen LogP contribution is 2.17.